The second-order valence-electron chi connectivity index (χ2n) is 4.62. The Kier molecular flexibility index (Phi) is 5.11. The molecule has 0 radical (unpaired) electrons. The Hall–Kier alpha value is -2.17. The maximum atomic E-state index is 12.8. The molecule has 1 aromatic heterocycles. The van der Waals surface area contributed by atoms with E-state index in [1.807, 2.05) is 0 Å². The van der Waals surface area contributed by atoms with E-state index < -0.39 is 17.3 Å². The number of aromatic nitrogens is 2. The molecule has 24 heavy (non-hydrogen) atoms. The summed E-state index contributed by atoms with van der Waals surface area (Å²) in [7, 11) is 1.07. The zero-order valence-corrected chi connectivity index (χ0v) is 13.6. The topological polar surface area (TPSA) is 44.1 Å². The maximum absolute atomic E-state index is 12.8. The van der Waals surface area contributed by atoms with Crippen LogP contribution in [0, 0.1) is 12.3 Å². The van der Waals surface area contributed by atoms with Crippen molar-refractivity contribution in [2.45, 2.75) is 6.18 Å². The van der Waals surface area contributed by atoms with Gasteiger partial charge in [-0.3, -0.25) is 9.48 Å². The molecular weight excluding hydrogens is 368 g/mol. The monoisotopic (exact) mass is 376 g/mol. The van der Waals surface area contributed by atoms with Gasteiger partial charge in [0.2, 0.25) is 5.43 Å². The average molecular weight is 377 g/mol. The summed E-state index contributed by atoms with van der Waals surface area (Å²) in [6, 6.07) is 3.05. The van der Waals surface area contributed by atoms with E-state index in [1.54, 1.807) is 0 Å². The average Bonchev–Trinajstić information content (AvgIpc) is 2.47. The Bertz CT molecular complexity index is 886. The van der Waals surface area contributed by atoms with Gasteiger partial charge in [0.1, 0.15) is 23.7 Å². The highest BCUT2D eigenvalue weighted by Gasteiger charge is 2.34. The quantitative estimate of drug-likeness (QED) is 0.765. The Balaban J connectivity index is 2.63. The molecule has 0 bridgehead atoms. The number of aryl methyl sites for hydroxylation is 1. The van der Waals surface area contributed by atoms with Gasteiger partial charge in [0.25, 0.3) is 0 Å². The standard InChI is InChI=1S/C15H9Cl2F3N2O2/c1-3-4-24-12-5-8(9(16)6-10(12)17)14-11(23)7-13(15(18,19)20)22(2)21-14/h1,5-7H,4H2,2H3. The highest BCUT2D eigenvalue weighted by molar-refractivity contribution is 6.37. The maximum Gasteiger partial charge on any atom is 0.433 e. The Labute approximate surface area is 144 Å². The van der Waals surface area contributed by atoms with Crippen LogP contribution in [0.5, 0.6) is 5.75 Å². The Morgan fingerprint density at radius 2 is 1.96 bits per heavy atom. The van der Waals surface area contributed by atoms with Crippen molar-refractivity contribution < 1.29 is 17.9 Å². The van der Waals surface area contributed by atoms with Crippen LogP contribution in [0.4, 0.5) is 13.2 Å². The van der Waals surface area contributed by atoms with Crippen molar-refractivity contribution in [3.8, 4) is 29.4 Å². The molecule has 0 fully saturated rings. The predicted octanol–water partition coefficient (Wildman–Crippen LogP) is 3.78. The molecule has 126 valence electrons. The summed E-state index contributed by atoms with van der Waals surface area (Å²) in [5.74, 6) is 2.38. The third-order valence-corrected chi connectivity index (χ3v) is 3.59. The first kappa shape index (κ1) is 18.2. The summed E-state index contributed by atoms with van der Waals surface area (Å²) in [4.78, 5) is 12.1. The van der Waals surface area contributed by atoms with E-state index in [0.29, 0.717) is 10.7 Å². The van der Waals surface area contributed by atoms with Crippen LogP contribution in [0.3, 0.4) is 0 Å². The van der Waals surface area contributed by atoms with Crippen LogP contribution in [-0.4, -0.2) is 16.4 Å². The van der Waals surface area contributed by atoms with Crippen LogP contribution in [0.15, 0.2) is 23.0 Å². The first-order valence-corrected chi connectivity index (χ1v) is 7.12. The largest absolute Gasteiger partial charge is 0.479 e. The number of hydrogen-bond acceptors (Lipinski definition) is 3. The SMILES string of the molecule is C#CCOc1cc(-c2nn(C)c(C(F)(F)F)cc2=O)c(Cl)cc1Cl. The summed E-state index contributed by atoms with van der Waals surface area (Å²) in [6.45, 7) is -0.0841. The van der Waals surface area contributed by atoms with Crippen LogP contribution in [-0.2, 0) is 13.2 Å². The van der Waals surface area contributed by atoms with Crippen LogP contribution >= 0.6 is 23.2 Å². The molecule has 4 nitrogen and oxygen atoms in total. The third-order valence-electron chi connectivity index (χ3n) is 2.98. The molecule has 2 aromatic rings. The number of hydrogen-bond donors (Lipinski definition) is 0. The molecular formula is C15H9Cl2F3N2O2. The number of terminal acetylenes is 1. The van der Waals surface area contributed by atoms with Gasteiger partial charge in [0.15, 0.2) is 0 Å². The number of alkyl halides is 3. The predicted molar refractivity (Wildman–Crippen MR) is 84.3 cm³/mol. The molecule has 1 heterocycles. The van der Waals surface area contributed by atoms with Crippen molar-refractivity contribution in [3.05, 3.63) is 44.2 Å². The summed E-state index contributed by atoms with van der Waals surface area (Å²) in [5.41, 5.74) is -2.29. The summed E-state index contributed by atoms with van der Waals surface area (Å²) in [6.07, 6.45) is 0.386. The first-order chi connectivity index (χ1) is 11.1. The molecule has 0 saturated heterocycles. The van der Waals surface area contributed by atoms with Crippen molar-refractivity contribution in [1.29, 1.82) is 0 Å². The summed E-state index contributed by atoms with van der Waals surface area (Å²) < 4.78 is 44.2. The lowest BCUT2D eigenvalue weighted by atomic mass is 10.1. The number of ether oxygens (including phenoxy) is 1. The molecule has 0 saturated carbocycles. The molecule has 9 heteroatoms. The smallest absolute Gasteiger partial charge is 0.433 e. The fourth-order valence-corrected chi connectivity index (χ4v) is 2.46. The van der Waals surface area contributed by atoms with Crippen LogP contribution in [0.1, 0.15) is 5.69 Å². The van der Waals surface area contributed by atoms with E-state index in [-0.39, 0.29) is 33.7 Å². The van der Waals surface area contributed by atoms with Gasteiger partial charge in [-0.1, -0.05) is 29.1 Å². The minimum Gasteiger partial charge on any atom is -0.479 e. The Morgan fingerprint density at radius 1 is 1.29 bits per heavy atom. The van der Waals surface area contributed by atoms with E-state index in [4.69, 9.17) is 34.4 Å². The molecule has 0 N–H and O–H groups in total. The van der Waals surface area contributed by atoms with E-state index in [1.165, 1.54) is 12.1 Å². The third kappa shape index (κ3) is 3.66. The molecule has 0 aliphatic heterocycles. The molecule has 2 rings (SSSR count). The van der Waals surface area contributed by atoms with E-state index in [2.05, 4.69) is 11.0 Å². The van der Waals surface area contributed by atoms with E-state index >= 15 is 0 Å². The van der Waals surface area contributed by atoms with Crippen LogP contribution < -0.4 is 10.2 Å². The van der Waals surface area contributed by atoms with Gasteiger partial charge in [-0.2, -0.15) is 18.3 Å². The van der Waals surface area contributed by atoms with E-state index in [0.717, 1.165) is 7.05 Å². The Morgan fingerprint density at radius 3 is 2.54 bits per heavy atom. The summed E-state index contributed by atoms with van der Waals surface area (Å²) in [5, 5.41) is 3.86. The van der Waals surface area contributed by atoms with Gasteiger partial charge in [0.05, 0.1) is 10.0 Å². The molecule has 0 atom stereocenters. The van der Waals surface area contributed by atoms with E-state index in [9.17, 15) is 18.0 Å². The van der Waals surface area contributed by atoms with Crippen LogP contribution in [0.2, 0.25) is 10.0 Å². The lowest BCUT2D eigenvalue weighted by Gasteiger charge is -2.14. The van der Waals surface area contributed by atoms with Gasteiger partial charge in [-0.25, -0.2) is 0 Å². The minimum atomic E-state index is -4.70. The van der Waals surface area contributed by atoms with Gasteiger partial charge in [0, 0.05) is 18.7 Å². The van der Waals surface area contributed by atoms with Gasteiger partial charge < -0.3 is 4.74 Å². The van der Waals surface area contributed by atoms with Crippen molar-refractivity contribution >= 4 is 23.2 Å². The fraction of sp³-hybridized carbons (Fsp3) is 0.200. The van der Waals surface area contributed by atoms with Gasteiger partial charge in [-0.15, -0.1) is 6.42 Å². The van der Waals surface area contributed by atoms with Crippen molar-refractivity contribution in [1.82, 2.24) is 9.78 Å². The van der Waals surface area contributed by atoms with Crippen molar-refractivity contribution in [2.24, 2.45) is 7.05 Å². The highest BCUT2D eigenvalue weighted by atomic mass is 35.5. The molecule has 0 aliphatic rings. The lowest BCUT2D eigenvalue weighted by Crippen LogP contribution is -2.22. The number of nitrogens with zero attached hydrogens (tertiary/aromatic N) is 2. The molecule has 0 spiro atoms. The molecule has 1 aromatic carbocycles. The molecule has 0 unspecified atom stereocenters. The molecule has 0 aliphatic carbocycles. The number of halogens is 5. The lowest BCUT2D eigenvalue weighted by molar-refractivity contribution is -0.144. The highest BCUT2D eigenvalue weighted by Crippen LogP contribution is 2.35. The normalized spacial score (nSPS) is 11.2. The zero-order chi connectivity index (χ0) is 18.1. The fourth-order valence-electron chi connectivity index (χ4n) is 1.93. The van der Waals surface area contributed by atoms with Crippen molar-refractivity contribution in [2.75, 3.05) is 6.61 Å². The number of benzene rings is 1. The number of rotatable bonds is 3. The van der Waals surface area contributed by atoms with Gasteiger partial charge >= 0.3 is 6.18 Å². The van der Waals surface area contributed by atoms with Gasteiger partial charge in [-0.05, 0) is 12.1 Å². The summed E-state index contributed by atoms with van der Waals surface area (Å²) >= 11 is 12.0. The minimum absolute atomic E-state index is 0.0393. The second kappa shape index (κ2) is 6.75. The zero-order valence-electron chi connectivity index (χ0n) is 12.1. The molecule has 0 amide bonds. The van der Waals surface area contributed by atoms with Crippen molar-refractivity contribution in [3.63, 3.8) is 0 Å². The second-order valence-corrected chi connectivity index (χ2v) is 5.43. The first-order valence-electron chi connectivity index (χ1n) is 6.36. The van der Waals surface area contributed by atoms with Crippen LogP contribution in [0.25, 0.3) is 11.3 Å².